The Morgan fingerprint density at radius 2 is 1.70 bits per heavy atom. The summed E-state index contributed by atoms with van der Waals surface area (Å²) in [5.74, 6) is 1.19. The number of hydrogen-bond donors (Lipinski definition) is 1. The molecule has 2 saturated heterocycles. The van der Waals surface area contributed by atoms with E-state index in [1.54, 1.807) is 22.5 Å². The molecule has 13 heteroatoms. The number of sulfone groups is 1. The SMILES string of the molecule is Cc1c(C(=O)N2CCN(CCN3CCS(=O)(=O)CC3)C2=O)cn2ncc(C#N)c(Nc3ccc(Oc4ccccc4)cc3)c12. The summed E-state index contributed by atoms with van der Waals surface area (Å²) in [5.41, 5.74) is 2.97. The fraction of sp³-hybridized carbons (Fsp3) is 0.290. The summed E-state index contributed by atoms with van der Waals surface area (Å²) >= 11 is 0. The zero-order chi connectivity index (χ0) is 30.8. The first-order chi connectivity index (χ1) is 21.2. The Bertz CT molecular complexity index is 1850. The van der Waals surface area contributed by atoms with Gasteiger partial charge in [0.05, 0.1) is 40.0 Å². The largest absolute Gasteiger partial charge is 0.457 e. The molecule has 2 aliphatic rings. The third kappa shape index (κ3) is 5.95. The van der Waals surface area contributed by atoms with Crippen molar-refractivity contribution in [3.05, 3.63) is 83.7 Å². The Hall–Kier alpha value is -4.93. The number of amides is 3. The molecule has 0 aliphatic carbocycles. The maximum absolute atomic E-state index is 13.6. The third-order valence-corrected chi connectivity index (χ3v) is 9.58. The fourth-order valence-electron chi connectivity index (χ4n) is 5.45. The number of hydrogen-bond acceptors (Lipinski definition) is 9. The van der Waals surface area contributed by atoms with Gasteiger partial charge in [-0.05, 0) is 48.9 Å². The molecule has 0 unspecified atom stereocenters. The lowest BCUT2D eigenvalue weighted by Gasteiger charge is -2.28. The van der Waals surface area contributed by atoms with Crippen LogP contribution < -0.4 is 10.1 Å². The molecule has 2 aromatic carbocycles. The summed E-state index contributed by atoms with van der Waals surface area (Å²) < 4.78 is 30.8. The van der Waals surface area contributed by atoms with Crippen LogP contribution in [0, 0.1) is 18.3 Å². The molecule has 0 radical (unpaired) electrons. The molecule has 0 saturated carbocycles. The molecule has 0 atom stereocenters. The molecule has 2 aromatic heterocycles. The smallest absolute Gasteiger partial charge is 0.327 e. The van der Waals surface area contributed by atoms with Crippen molar-refractivity contribution in [3.8, 4) is 17.6 Å². The van der Waals surface area contributed by atoms with Crippen molar-refractivity contribution < 1.29 is 22.7 Å². The summed E-state index contributed by atoms with van der Waals surface area (Å²) in [4.78, 5) is 31.7. The molecular formula is C31H31N7O5S. The number of nitriles is 1. The Kier molecular flexibility index (Phi) is 7.94. The topological polar surface area (TPSA) is 140 Å². The van der Waals surface area contributed by atoms with Gasteiger partial charge in [-0.15, -0.1) is 0 Å². The lowest BCUT2D eigenvalue weighted by Crippen LogP contribution is -2.45. The number of para-hydroxylation sites is 1. The second-order valence-electron chi connectivity index (χ2n) is 10.8. The first-order valence-corrected chi connectivity index (χ1v) is 16.1. The highest BCUT2D eigenvalue weighted by atomic mass is 32.2. The number of fused-ring (bicyclic) bond motifs is 1. The molecule has 0 bridgehead atoms. The van der Waals surface area contributed by atoms with Crippen molar-refractivity contribution in [2.75, 3.05) is 56.1 Å². The summed E-state index contributed by atoms with van der Waals surface area (Å²) in [7, 11) is -2.98. The number of ether oxygens (including phenoxy) is 1. The Morgan fingerprint density at radius 3 is 2.41 bits per heavy atom. The van der Waals surface area contributed by atoms with Crippen LogP contribution in [0.1, 0.15) is 21.5 Å². The van der Waals surface area contributed by atoms with Crippen molar-refractivity contribution in [3.63, 3.8) is 0 Å². The van der Waals surface area contributed by atoms with Crippen LogP contribution in [0.2, 0.25) is 0 Å². The Labute approximate surface area is 255 Å². The van der Waals surface area contributed by atoms with Crippen molar-refractivity contribution in [2.45, 2.75) is 6.92 Å². The van der Waals surface area contributed by atoms with E-state index >= 15 is 0 Å². The summed E-state index contributed by atoms with van der Waals surface area (Å²) in [6.07, 6.45) is 3.02. The third-order valence-electron chi connectivity index (χ3n) is 7.97. The second-order valence-corrected chi connectivity index (χ2v) is 13.1. The molecule has 12 nitrogen and oxygen atoms in total. The Morgan fingerprint density at radius 1 is 1.00 bits per heavy atom. The Balaban J connectivity index is 1.18. The van der Waals surface area contributed by atoms with Gasteiger partial charge in [0.1, 0.15) is 17.6 Å². The average Bonchev–Trinajstić information content (AvgIpc) is 3.57. The minimum Gasteiger partial charge on any atom is -0.457 e. The van der Waals surface area contributed by atoms with Crippen LogP contribution in [0.5, 0.6) is 11.5 Å². The standard InChI is InChI=1S/C31H31N7O5S/c1-22-27(30(39)37-14-13-36(31(37)40)12-11-35-15-17-44(41,42)18-16-35)21-38-29(22)28(23(19-32)20-33-38)34-24-7-9-26(10-8-24)43-25-5-3-2-4-6-25/h2-10,20-21,34H,11-18H2,1H3. The van der Waals surface area contributed by atoms with Gasteiger partial charge in [-0.3, -0.25) is 14.6 Å². The molecule has 4 heterocycles. The second kappa shape index (κ2) is 12.0. The molecule has 1 N–H and O–H groups in total. The summed E-state index contributed by atoms with van der Waals surface area (Å²) in [5, 5.41) is 17.5. The van der Waals surface area contributed by atoms with Crippen LogP contribution in [-0.4, -0.2) is 95.4 Å². The van der Waals surface area contributed by atoms with Gasteiger partial charge in [0.2, 0.25) is 0 Å². The molecule has 2 fully saturated rings. The first kappa shape index (κ1) is 29.2. The molecular weight excluding hydrogens is 582 g/mol. The van der Waals surface area contributed by atoms with Crippen LogP contribution >= 0.6 is 0 Å². The van der Waals surface area contributed by atoms with Crippen molar-refractivity contribution in [1.82, 2.24) is 24.3 Å². The van der Waals surface area contributed by atoms with Crippen LogP contribution in [-0.2, 0) is 9.84 Å². The van der Waals surface area contributed by atoms with Crippen LogP contribution in [0.15, 0.2) is 67.0 Å². The minimum atomic E-state index is -2.98. The number of rotatable bonds is 8. The van der Waals surface area contributed by atoms with Crippen molar-refractivity contribution in [1.29, 1.82) is 5.26 Å². The molecule has 3 amide bonds. The van der Waals surface area contributed by atoms with Gasteiger partial charge in [-0.1, -0.05) is 18.2 Å². The monoisotopic (exact) mass is 613 g/mol. The quantitative estimate of drug-likeness (QED) is 0.315. The maximum Gasteiger partial charge on any atom is 0.327 e. The number of nitrogens with one attached hydrogen (secondary N) is 1. The summed E-state index contributed by atoms with van der Waals surface area (Å²) in [6.45, 7) is 4.28. The van der Waals surface area contributed by atoms with E-state index in [-0.39, 0.29) is 24.1 Å². The fourth-order valence-corrected chi connectivity index (χ4v) is 6.73. The van der Waals surface area contributed by atoms with E-state index < -0.39 is 15.7 Å². The van der Waals surface area contributed by atoms with Gasteiger partial charge < -0.3 is 15.0 Å². The number of urea groups is 1. The number of benzene rings is 2. The van der Waals surface area contributed by atoms with E-state index in [4.69, 9.17) is 4.74 Å². The predicted molar refractivity (Wildman–Crippen MR) is 164 cm³/mol. The number of aryl methyl sites for hydroxylation is 1. The number of anilines is 2. The van der Waals surface area contributed by atoms with Gasteiger partial charge >= 0.3 is 6.03 Å². The molecule has 44 heavy (non-hydrogen) atoms. The lowest BCUT2D eigenvalue weighted by molar-refractivity contribution is 0.0821. The molecule has 226 valence electrons. The maximum atomic E-state index is 13.6. The zero-order valence-electron chi connectivity index (χ0n) is 24.1. The first-order valence-electron chi connectivity index (χ1n) is 14.3. The van der Waals surface area contributed by atoms with E-state index in [1.807, 2.05) is 59.5 Å². The van der Waals surface area contributed by atoms with Crippen molar-refractivity contribution in [2.24, 2.45) is 0 Å². The van der Waals surface area contributed by atoms with Gasteiger partial charge in [-0.25, -0.2) is 17.7 Å². The number of carbonyl (C=O) groups is 2. The highest BCUT2D eigenvalue weighted by molar-refractivity contribution is 7.91. The van der Waals surface area contributed by atoms with Gasteiger partial charge in [0.25, 0.3) is 5.91 Å². The van der Waals surface area contributed by atoms with Gasteiger partial charge in [-0.2, -0.15) is 10.4 Å². The molecule has 4 aromatic rings. The minimum absolute atomic E-state index is 0.124. The van der Waals surface area contributed by atoms with Crippen LogP contribution in [0.3, 0.4) is 0 Å². The van der Waals surface area contributed by atoms with E-state index in [2.05, 4.69) is 16.5 Å². The zero-order valence-corrected chi connectivity index (χ0v) is 25.0. The number of aromatic nitrogens is 2. The highest BCUT2D eigenvalue weighted by Crippen LogP contribution is 2.32. The number of carbonyl (C=O) groups excluding carboxylic acids is 2. The van der Waals surface area contributed by atoms with E-state index in [1.165, 1.54) is 11.1 Å². The summed E-state index contributed by atoms with van der Waals surface area (Å²) in [6, 6.07) is 18.5. The average molecular weight is 614 g/mol. The lowest BCUT2D eigenvalue weighted by atomic mass is 10.1. The van der Waals surface area contributed by atoms with E-state index in [9.17, 15) is 23.3 Å². The number of nitrogens with zero attached hydrogens (tertiary/aromatic N) is 6. The number of imide groups is 1. The molecule has 6 rings (SSSR count). The normalized spacial score (nSPS) is 16.7. The highest BCUT2D eigenvalue weighted by Gasteiger charge is 2.35. The van der Waals surface area contributed by atoms with Gasteiger partial charge in [0.15, 0.2) is 9.84 Å². The van der Waals surface area contributed by atoms with E-state index in [0.29, 0.717) is 72.1 Å². The molecule has 0 spiro atoms. The predicted octanol–water partition coefficient (Wildman–Crippen LogP) is 3.66. The molecule has 2 aliphatic heterocycles. The van der Waals surface area contributed by atoms with E-state index in [0.717, 1.165) is 5.75 Å². The van der Waals surface area contributed by atoms with Crippen molar-refractivity contribution >= 4 is 38.7 Å². The van der Waals surface area contributed by atoms with Crippen LogP contribution in [0.25, 0.3) is 5.52 Å². The van der Waals surface area contributed by atoms with Gasteiger partial charge in [0, 0.05) is 51.2 Å². The van der Waals surface area contributed by atoms with Crippen LogP contribution in [0.4, 0.5) is 16.2 Å².